The lowest BCUT2D eigenvalue weighted by molar-refractivity contribution is 0.122. The summed E-state index contributed by atoms with van der Waals surface area (Å²) < 4.78 is 5.74. The third-order valence-electron chi connectivity index (χ3n) is 4.77. The molecule has 142 valence electrons. The number of alkyl halides is 1. The largest absolute Gasteiger partial charge is 0.378 e. The van der Waals surface area contributed by atoms with Gasteiger partial charge in [-0.1, -0.05) is 22.6 Å². The molecule has 1 saturated heterocycles. The van der Waals surface area contributed by atoms with Crippen LogP contribution in [0.3, 0.4) is 0 Å². The average molecular weight is 520 g/mol. The van der Waals surface area contributed by atoms with Crippen molar-refractivity contribution < 1.29 is 4.74 Å². The second-order valence-corrected chi connectivity index (χ2v) is 9.75. The van der Waals surface area contributed by atoms with Crippen molar-refractivity contribution in [2.24, 2.45) is 0 Å². The van der Waals surface area contributed by atoms with Gasteiger partial charge in [-0.15, -0.1) is 22.7 Å². The summed E-state index contributed by atoms with van der Waals surface area (Å²) in [5.74, 6) is 0. The highest BCUT2D eigenvalue weighted by Gasteiger charge is 2.18. The molecule has 1 aliphatic heterocycles. The maximum atomic E-state index is 5.46. The van der Waals surface area contributed by atoms with E-state index in [1.807, 2.05) is 11.6 Å². The van der Waals surface area contributed by atoms with Gasteiger partial charge in [0.25, 0.3) is 0 Å². The first-order valence-corrected chi connectivity index (χ1v) is 11.9. The standard InChI is InChI=1S/C20H17IN4OS2/c21-18(20-22-5-10-27-20)16-3-4-17(28-16)19-14-2-1-13(11-15(14)23-12-24-19)25-6-8-26-9-7-25/h1-5,10-12,18H,6-9H2. The molecule has 3 aromatic heterocycles. The monoisotopic (exact) mass is 520 g/mol. The van der Waals surface area contributed by atoms with E-state index in [-0.39, 0.29) is 3.92 Å². The number of thiophene rings is 1. The van der Waals surface area contributed by atoms with Crippen LogP contribution in [0.5, 0.6) is 0 Å². The number of morpholine rings is 1. The van der Waals surface area contributed by atoms with Crippen LogP contribution in [0.25, 0.3) is 21.5 Å². The molecular formula is C20H17IN4OS2. The van der Waals surface area contributed by atoms with Gasteiger partial charge in [0.15, 0.2) is 0 Å². The molecule has 28 heavy (non-hydrogen) atoms. The third-order valence-corrected chi connectivity index (χ3v) is 8.88. The van der Waals surface area contributed by atoms with Gasteiger partial charge in [-0.2, -0.15) is 0 Å². The zero-order valence-electron chi connectivity index (χ0n) is 14.9. The number of rotatable bonds is 4. The van der Waals surface area contributed by atoms with Gasteiger partial charge in [0.1, 0.15) is 11.3 Å². The fourth-order valence-corrected chi connectivity index (χ4v) is 6.25. The Hall–Kier alpha value is -1.62. The maximum Gasteiger partial charge on any atom is 0.116 e. The van der Waals surface area contributed by atoms with E-state index < -0.39 is 0 Å². The number of nitrogens with zero attached hydrogens (tertiary/aromatic N) is 4. The summed E-state index contributed by atoms with van der Waals surface area (Å²) in [4.78, 5) is 18.4. The topological polar surface area (TPSA) is 51.1 Å². The molecule has 5 rings (SSSR count). The predicted octanol–water partition coefficient (Wildman–Crippen LogP) is 5.18. The minimum atomic E-state index is 0.275. The molecule has 0 radical (unpaired) electrons. The van der Waals surface area contributed by atoms with Crippen LogP contribution in [0.15, 0.2) is 48.2 Å². The minimum absolute atomic E-state index is 0.275. The Balaban J connectivity index is 1.49. The van der Waals surface area contributed by atoms with E-state index in [9.17, 15) is 0 Å². The Kier molecular flexibility index (Phi) is 5.27. The minimum Gasteiger partial charge on any atom is -0.378 e. The van der Waals surface area contributed by atoms with Crippen molar-refractivity contribution in [2.45, 2.75) is 3.92 Å². The maximum absolute atomic E-state index is 5.46. The number of fused-ring (bicyclic) bond motifs is 1. The molecule has 4 heterocycles. The normalized spacial score (nSPS) is 15.8. The lowest BCUT2D eigenvalue weighted by Gasteiger charge is -2.29. The number of hydrogen-bond donors (Lipinski definition) is 0. The first kappa shape index (κ1) is 18.4. The molecule has 1 unspecified atom stereocenters. The zero-order valence-corrected chi connectivity index (χ0v) is 18.7. The van der Waals surface area contributed by atoms with Gasteiger partial charge >= 0.3 is 0 Å². The average Bonchev–Trinajstić information content (AvgIpc) is 3.45. The first-order chi connectivity index (χ1) is 13.8. The first-order valence-electron chi connectivity index (χ1n) is 9.00. The number of aromatic nitrogens is 3. The quantitative estimate of drug-likeness (QED) is 0.274. The van der Waals surface area contributed by atoms with Gasteiger partial charge in [0.05, 0.1) is 33.2 Å². The Labute approximate surface area is 184 Å². The van der Waals surface area contributed by atoms with Crippen LogP contribution in [0.1, 0.15) is 13.8 Å². The van der Waals surface area contributed by atoms with Gasteiger partial charge in [0.2, 0.25) is 0 Å². The molecule has 0 N–H and O–H groups in total. The van der Waals surface area contributed by atoms with Crippen molar-refractivity contribution in [3.8, 4) is 10.6 Å². The third kappa shape index (κ3) is 3.54. The highest BCUT2D eigenvalue weighted by Crippen LogP contribution is 2.40. The Morgan fingerprint density at radius 2 is 1.96 bits per heavy atom. The van der Waals surface area contributed by atoms with Gasteiger partial charge in [-0.3, -0.25) is 0 Å². The van der Waals surface area contributed by atoms with Crippen LogP contribution in [0.2, 0.25) is 0 Å². The SMILES string of the molecule is IC(c1ccc(-c2ncnc3cc(N4CCOCC4)ccc23)s1)c1nccs1. The number of hydrogen-bond acceptors (Lipinski definition) is 7. The van der Waals surface area contributed by atoms with Gasteiger partial charge < -0.3 is 9.64 Å². The molecule has 1 aromatic carbocycles. The number of thiazole rings is 1. The lowest BCUT2D eigenvalue weighted by atomic mass is 10.1. The van der Waals surface area contributed by atoms with E-state index in [2.05, 4.69) is 72.8 Å². The van der Waals surface area contributed by atoms with Crippen LogP contribution in [-0.4, -0.2) is 41.3 Å². The van der Waals surface area contributed by atoms with E-state index in [1.165, 1.54) is 15.4 Å². The second-order valence-electron chi connectivity index (χ2n) is 6.46. The molecule has 0 aliphatic carbocycles. The van der Waals surface area contributed by atoms with Crippen molar-refractivity contribution in [1.29, 1.82) is 0 Å². The molecule has 5 nitrogen and oxygen atoms in total. The summed E-state index contributed by atoms with van der Waals surface area (Å²) in [6, 6.07) is 10.8. The van der Waals surface area contributed by atoms with E-state index in [4.69, 9.17) is 4.74 Å². The molecule has 4 aromatic rings. The zero-order chi connectivity index (χ0) is 18.9. The van der Waals surface area contributed by atoms with Crippen molar-refractivity contribution in [1.82, 2.24) is 15.0 Å². The lowest BCUT2D eigenvalue weighted by Crippen LogP contribution is -2.36. The van der Waals surface area contributed by atoms with E-state index in [0.29, 0.717) is 0 Å². The molecule has 0 amide bonds. The molecular weight excluding hydrogens is 503 g/mol. The number of anilines is 1. The molecule has 0 spiro atoms. The fraction of sp³-hybridized carbons (Fsp3) is 0.250. The summed E-state index contributed by atoms with van der Waals surface area (Å²) >= 11 is 5.94. The predicted molar refractivity (Wildman–Crippen MR) is 124 cm³/mol. The summed E-state index contributed by atoms with van der Waals surface area (Å²) in [7, 11) is 0. The van der Waals surface area contributed by atoms with Crippen molar-refractivity contribution in [3.05, 3.63) is 58.1 Å². The van der Waals surface area contributed by atoms with Gasteiger partial charge in [-0.25, -0.2) is 15.0 Å². The molecule has 8 heteroatoms. The highest BCUT2D eigenvalue weighted by atomic mass is 127. The summed E-state index contributed by atoms with van der Waals surface area (Å²) in [5.41, 5.74) is 3.18. The van der Waals surface area contributed by atoms with Crippen LogP contribution in [-0.2, 0) is 4.74 Å². The number of halogens is 1. The van der Waals surface area contributed by atoms with Crippen LogP contribution in [0, 0.1) is 0 Å². The summed E-state index contributed by atoms with van der Waals surface area (Å²) in [5, 5.41) is 4.25. The number of benzene rings is 1. The molecule has 0 bridgehead atoms. The molecule has 1 atom stereocenters. The summed E-state index contributed by atoms with van der Waals surface area (Å²) in [6.45, 7) is 3.40. The van der Waals surface area contributed by atoms with Crippen LogP contribution < -0.4 is 4.90 Å². The fourth-order valence-electron chi connectivity index (χ4n) is 3.36. The van der Waals surface area contributed by atoms with Crippen LogP contribution in [0.4, 0.5) is 5.69 Å². The van der Waals surface area contributed by atoms with E-state index in [0.717, 1.165) is 47.9 Å². The molecule has 1 aliphatic rings. The molecule has 0 saturated carbocycles. The Morgan fingerprint density at radius 1 is 1.07 bits per heavy atom. The van der Waals surface area contributed by atoms with Crippen molar-refractivity contribution in [3.63, 3.8) is 0 Å². The Morgan fingerprint density at radius 3 is 2.79 bits per heavy atom. The van der Waals surface area contributed by atoms with Crippen LogP contribution >= 0.6 is 45.3 Å². The smallest absolute Gasteiger partial charge is 0.116 e. The van der Waals surface area contributed by atoms with E-state index in [1.54, 1.807) is 29.0 Å². The van der Waals surface area contributed by atoms with Gasteiger partial charge in [-0.05, 0) is 30.3 Å². The Bertz CT molecular complexity index is 1090. The summed E-state index contributed by atoms with van der Waals surface area (Å²) in [6.07, 6.45) is 3.53. The van der Waals surface area contributed by atoms with E-state index >= 15 is 0 Å². The number of ether oxygens (including phenoxy) is 1. The van der Waals surface area contributed by atoms with Crippen molar-refractivity contribution in [2.75, 3.05) is 31.2 Å². The highest BCUT2D eigenvalue weighted by molar-refractivity contribution is 14.1. The molecule has 1 fully saturated rings. The van der Waals surface area contributed by atoms with Crippen molar-refractivity contribution >= 4 is 61.9 Å². The van der Waals surface area contributed by atoms with Gasteiger partial charge in [0, 0.05) is 40.6 Å². The second kappa shape index (κ2) is 8.02.